The van der Waals surface area contributed by atoms with Gasteiger partial charge in [-0.25, -0.2) is 0 Å². The molecule has 0 aliphatic carbocycles. The summed E-state index contributed by atoms with van der Waals surface area (Å²) < 4.78 is 1.91. The van der Waals surface area contributed by atoms with Gasteiger partial charge >= 0.3 is 0 Å². The fourth-order valence-electron chi connectivity index (χ4n) is 1.81. The molecule has 94 valence electrons. The lowest BCUT2D eigenvalue weighted by Crippen LogP contribution is -2.22. The van der Waals surface area contributed by atoms with Crippen molar-refractivity contribution in [1.29, 1.82) is 5.26 Å². The lowest BCUT2D eigenvalue weighted by molar-refractivity contribution is 0.163. The third-order valence-electron chi connectivity index (χ3n) is 3.12. The SMILES string of the molecule is Cc1c(CN(C)CCC(C)O)cc(C#N)n1C. The molecule has 1 rings (SSSR count). The maximum absolute atomic E-state index is 9.23. The second-order valence-corrected chi connectivity index (χ2v) is 4.69. The molecular formula is C13H21N3O. The number of nitrogens with zero attached hydrogens (tertiary/aromatic N) is 3. The van der Waals surface area contributed by atoms with Crippen molar-refractivity contribution in [1.82, 2.24) is 9.47 Å². The van der Waals surface area contributed by atoms with Crippen LogP contribution in [0, 0.1) is 18.3 Å². The van der Waals surface area contributed by atoms with Crippen molar-refractivity contribution in [2.24, 2.45) is 7.05 Å². The van der Waals surface area contributed by atoms with Crippen LogP contribution < -0.4 is 0 Å². The van der Waals surface area contributed by atoms with E-state index in [0.717, 1.165) is 25.2 Å². The Bertz CT molecular complexity index is 415. The lowest BCUT2D eigenvalue weighted by Gasteiger charge is -2.17. The van der Waals surface area contributed by atoms with Crippen molar-refractivity contribution in [3.63, 3.8) is 0 Å². The fourth-order valence-corrected chi connectivity index (χ4v) is 1.81. The van der Waals surface area contributed by atoms with Gasteiger partial charge < -0.3 is 14.6 Å². The second kappa shape index (κ2) is 5.85. The van der Waals surface area contributed by atoms with Crippen LogP contribution in [0.15, 0.2) is 6.07 Å². The van der Waals surface area contributed by atoms with E-state index in [1.807, 2.05) is 31.7 Å². The number of rotatable bonds is 5. The van der Waals surface area contributed by atoms with E-state index in [9.17, 15) is 5.11 Å². The molecule has 0 fully saturated rings. The Kier molecular flexibility index (Phi) is 4.73. The van der Waals surface area contributed by atoms with Crippen molar-refractivity contribution in [3.05, 3.63) is 23.0 Å². The van der Waals surface area contributed by atoms with Crippen LogP contribution in [0.5, 0.6) is 0 Å². The van der Waals surface area contributed by atoms with Gasteiger partial charge in [0.05, 0.1) is 6.10 Å². The Morgan fingerprint density at radius 2 is 2.24 bits per heavy atom. The van der Waals surface area contributed by atoms with Crippen molar-refractivity contribution >= 4 is 0 Å². The summed E-state index contributed by atoms with van der Waals surface area (Å²) in [5.74, 6) is 0. The van der Waals surface area contributed by atoms with E-state index in [0.29, 0.717) is 5.69 Å². The first kappa shape index (κ1) is 13.8. The molecule has 0 saturated carbocycles. The molecule has 0 aromatic carbocycles. The Morgan fingerprint density at radius 1 is 1.59 bits per heavy atom. The molecule has 1 N–H and O–H groups in total. The minimum absolute atomic E-state index is 0.260. The highest BCUT2D eigenvalue weighted by Gasteiger charge is 2.10. The largest absolute Gasteiger partial charge is 0.393 e. The van der Waals surface area contributed by atoms with Gasteiger partial charge in [-0.05, 0) is 38.9 Å². The maximum atomic E-state index is 9.23. The van der Waals surface area contributed by atoms with Crippen LogP contribution in [-0.2, 0) is 13.6 Å². The van der Waals surface area contributed by atoms with Crippen LogP contribution in [0.3, 0.4) is 0 Å². The Balaban J connectivity index is 2.66. The van der Waals surface area contributed by atoms with Gasteiger partial charge in [0.2, 0.25) is 0 Å². The highest BCUT2D eigenvalue weighted by molar-refractivity contribution is 5.34. The lowest BCUT2D eigenvalue weighted by atomic mass is 10.2. The summed E-state index contributed by atoms with van der Waals surface area (Å²) >= 11 is 0. The highest BCUT2D eigenvalue weighted by Crippen LogP contribution is 2.15. The molecule has 0 bridgehead atoms. The molecule has 1 aromatic rings. The van der Waals surface area contributed by atoms with E-state index in [1.165, 1.54) is 5.56 Å². The third-order valence-corrected chi connectivity index (χ3v) is 3.12. The average molecular weight is 235 g/mol. The molecule has 1 heterocycles. The summed E-state index contributed by atoms with van der Waals surface area (Å²) in [6.07, 6.45) is 0.511. The standard InChI is InChI=1S/C13H21N3O/c1-10(17)5-6-15(3)9-12-7-13(8-14)16(4)11(12)2/h7,10,17H,5-6,9H2,1-4H3. The molecule has 1 aromatic heterocycles. The summed E-state index contributed by atoms with van der Waals surface area (Å²) in [5, 5.41) is 18.2. The Morgan fingerprint density at radius 3 is 2.71 bits per heavy atom. The summed E-state index contributed by atoms with van der Waals surface area (Å²) in [6.45, 7) is 5.50. The van der Waals surface area contributed by atoms with E-state index in [2.05, 4.69) is 11.0 Å². The van der Waals surface area contributed by atoms with Gasteiger partial charge in [0, 0.05) is 25.8 Å². The van der Waals surface area contributed by atoms with Crippen LogP contribution in [0.25, 0.3) is 0 Å². The van der Waals surface area contributed by atoms with Gasteiger partial charge in [0.25, 0.3) is 0 Å². The first-order chi connectivity index (χ1) is 7.95. The van der Waals surface area contributed by atoms with Crippen molar-refractivity contribution in [2.75, 3.05) is 13.6 Å². The monoisotopic (exact) mass is 235 g/mol. The van der Waals surface area contributed by atoms with E-state index in [1.54, 1.807) is 6.92 Å². The van der Waals surface area contributed by atoms with Gasteiger partial charge in [-0.15, -0.1) is 0 Å². The Labute approximate surface area is 103 Å². The minimum atomic E-state index is -0.260. The Hall–Kier alpha value is -1.31. The molecule has 4 heteroatoms. The molecular weight excluding hydrogens is 214 g/mol. The van der Waals surface area contributed by atoms with Crippen LogP contribution in [0.2, 0.25) is 0 Å². The zero-order valence-electron chi connectivity index (χ0n) is 11.1. The van der Waals surface area contributed by atoms with E-state index >= 15 is 0 Å². The van der Waals surface area contributed by atoms with Gasteiger partial charge in [0.15, 0.2) is 0 Å². The van der Waals surface area contributed by atoms with Gasteiger partial charge in [-0.1, -0.05) is 0 Å². The molecule has 4 nitrogen and oxygen atoms in total. The quantitative estimate of drug-likeness (QED) is 0.839. The molecule has 0 spiro atoms. The van der Waals surface area contributed by atoms with E-state index in [-0.39, 0.29) is 6.10 Å². The first-order valence-corrected chi connectivity index (χ1v) is 5.87. The number of aliphatic hydroxyl groups excluding tert-OH is 1. The van der Waals surface area contributed by atoms with Crippen molar-refractivity contribution < 1.29 is 5.11 Å². The molecule has 0 aliphatic heterocycles. The number of hydrogen-bond donors (Lipinski definition) is 1. The molecule has 0 amide bonds. The zero-order chi connectivity index (χ0) is 13.0. The van der Waals surface area contributed by atoms with E-state index < -0.39 is 0 Å². The molecule has 0 saturated heterocycles. The molecule has 1 unspecified atom stereocenters. The van der Waals surface area contributed by atoms with Crippen LogP contribution >= 0.6 is 0 Å². The second-order valence-electron chi connectivity index (χ2n) is 4.69. The molecule has 17 heavy (non-hydrogen) atoms. The fraction of sp³-hybridized carbons (Fsp3) is 0.615. The predicted octanol–water partition coefficient (Wildman–Crippen LogP) is 1.41. The summed E-state index contributed by atoms with van der Waals surface area (Å²) in [5.41, 5.74) is 3.00. The highest BCUT2D eigenvalue weighted by atomic mass is 16.3. The van der Waals surface area contributed by atoms with Gasteiger partial charge in [0.1, 0.15) is 11.8 Å². The molecule has 0 radical (unpaired) electrons. The summed E-state index contributed by atoms with van der Waals surface area (Å²) in [4.78, 5) is 2.16. The van der Waals surface area contributed by atoms with Crippen molar-refractivity contribution in [2.45, 2.75) is 32.9 Å². The normalized spacial score (nSPS) is 12.8. The number of aliphatic hydroxyl groups is 1. The topological polar surface area (TPSA) is 52.2 Å². The minimum Gasteiger partial charge on any atom is -0.393 e. The van der Waals surface area contributed by atoms with Crippen molar-refractivity contribution in [3.8, 4) is 6.07 Å². The third kappa shape index (κ3) is 3.58. The molecule has 0 aliphatic rings. The summed E-state index contributed by atoms with van der Waals surface area (Å²) in [6, 6.07) is 4.12. The number of aromatic nitrogens is 1. The zero-order valence-corrected chi connectivity index (χ0v) is 11.1. The van der Waals surface area contributed by atoms with Gasteiger partial charge in [-0.2, -0.15) is 5.26 Å². The predicted molar refractivity (Wildman–Crippen MR) is 67.5 cm³/mol. The maximum Gasteiger partial charge on any atom is 0.120 e. The van der Waals surface area contributed by atoms with Crippen LogP contribution in [0.1, 0.15) is 30.3 Å². The smallest absolute Gasteiger partial charge is 0.120 e. The summed E-state index contributed by atoms with van der Waals surface area (Å²) in [7, 11) is 3.94. The average Bonchev–Trinajstić information content (AvgIpc) is 2.54. The number of hydrogen-bond acceptors (Lipinski definition) is 3. The van der Waals surface area contributed by atoms with Gasteiger partial charge in [-0.3, -0.25) is 0 Å². The van der Waals surface area contributed by atoms with E-state index in [4.69, 9.17) is 5.26 Å². The first-order valence-electron chi connectivity index (χ1n) is 5.87. The van der Waals surface area contributed by atoms with Crippen LogP contribution in [-0.4, -0.2) is 34.3 Å². The van der Waals surface area contributed by atoms with Crippen LogP contribution in [0.4, 0.5) is 0 Å². The molecule has 1 atom stereocenters. The number of nitriles is 1.